The molecule has 2 N–H and O–H groups in total. The molecule has 0 spiro atoms. The summed E-state index contributed by atoms with van der Waals surface area (Å²) >= 11 is 0. The summed E-state index contributed by atoms with van der Waals surface area (Å²) in [6.45, 7) is 4.57. The monoisotopic (exact) mass is 203 g/mol. The predicted octanol–water partition coefficient (Wildman–Crippen LogP) is 1.68. The lowest BCUT2D eigenvalue weighted by atomic mass is 10.0. The second-order valence-electron chi connectivity index (χ2n) is 4.05. The zero-order valence-corrected chi connectivity index (χ0v) is 8.86. The van der Waals surface area contributed by atoms with E-state index in [2.05, 4.69) is 30.8 Å². The van der Waals surface area contributed by atoms with Crippen LogP contribution in [0.3, 0.4) is 0 Å². The molecule has 1 aliphatic rings. The molecule has 2 rings (SSSR count). The van der Waals surface area contributed by atoms with Gasteiger partial charge in [-0.1, -0.05) is 30.3 Å². The number of allylic oxidation sites excluding steroid dienone is 1. The van der Waals surface area contributed by atoms with Crippen LogP contribution in [0.4, 0.5) is 0 Å². The number of benzene rings is 1. The van der Waals surface area contributed by atoms with Gasteiger partial charge in [0.25, 0.3) is 0 Å². The lowest BCUT2D eigenvalue weighted by molar-refractivity contribution is 0.371. The Kier molecular flexibility index (Phi) is 3.19. The van der Waals surface area contributed by atoms with Crippen molar-refractivity contribution in [2.24, 2.45) is 5.73 Å². The van der Waals surface area contributed by atoms with E-state index >= 15 is 0 Å². The highest BCUT2D eigenvalue weighted by molar-refractivity contribution is 5.25. The molecule has 1 heterocycles. The minimum absolute atomic E-state index is 0.143. The Balaban J connectivity index is 2.00. The quantitative estimate of drug-likeness (QED) is 0.584. The summed E-state index contributed by atoms with van der Waals surface area (Å²) in [5, 5.41) is 0. The lowest BCUT2D eigenvalue weighted by Gasteiger charge is -2.09. The normalized spacial score (nSPS) is 21.0. The van der Waals surface area contributed by atoms with Gasteiger partial charge in [-0.3, -0.25) is 0 Å². The summed E-state index contributed by atoms with van der Waals surface area (Å²) in [6.07, 6.45) is 4.02. The van der Waals surface area contributed by atoms with Crippen LogP contribution in [0.5, 0.6) is 0 Å². The maximum atomic E-state index is 5.99. The second kappa shape index (κ2) is 4.60. The van der Waals surface area contributed by atoms with E-state index in [-0.39, 0.29) is 12.1 Å². The van der Waals surface area contributed by atoms with Gasteiger partial charge in [-0.15, -0.1) is 6.58 Å². The highest BCUT2D eigenvalue weighted by atomic mass is 16.6. The minimum atomic E-state index is 0.143. The van der Waals surface area contributed by atoms with Gasteiger partial charge in [0.2, 0.25) is 0 Å². The SMILES string of the molecule is C=CCc1cccc(C[C@H](N)[C@H]2CO2)c1. The van der Waals surface area contributed by atoms with Crippen molar-refractivity contribution < 1.29 is 4.74 Å². The van der Waals surface area contributed by atoms with Gasteiger partial charge in [-0.2, -0.15) is 0 Å². The molecule has 2 nitrogen and oxygen atoms in total. The molecular weight excluding hydrogens is 186 g/mol. The molecule has 80 valence electrons. The second-order valence-corrected chi connectivity index (χ2v) is 4.05. The van der Waals surface area contributed by atoms with Crippen LogP contribution in [0.25, 0.3) is 0 Å². The Morgan fingerprint density at radius 1 is 1.53 bits per heavy atom. The molecule has 1 aromatic rings. The largest absolute Gasteiger partial charge is 0.371 e. The molecule has 1 aliphatic heterocycles. The summed E-state index contributed by atoms with van der Waals surface area (Å²) < 4.78 is 5.18. The van der Waals surface area contributed by atoms with E-state index in [0.29, 0.717) is 0 Å². The van der Waals surface area contributed by atoms with Gasteiger partial charge in [0.1, 0.15) is 0 Å². The Labute approximate surface area is 90.7 Å². The first kappa shape index (κ1) is 10.4. The van der Waals surface area contributed by atoms with Gasteiger partial charge < -0.3 is 10.5 Å². The van der Waals surface area contributed by atoms with Gasteiger partial charge in [0.05, 0.1) is 12.7 Å². The Morgan fingerprint density at radius 3 is 2.93 bits per heavy atom. The summed E-state index contributed by atoms with van der Waals surface area (Å²) in [5.41, 5.74) is 8.58. The molecule has 0 amide bonds. The highest BCUT2D eigenvalue weighted by Gasteiger charge is 2.29. The molecule has 1 fully saturated rings. The first-order valence-corrected chi connectivity index (χ1v) is 5.35. The van der Waals surface area contributed by atoms with Crippen LogP contribution >= 0.6 is 0 Å². The number of hydrogen-bond donors (Lipinski definition) is 1. The molecule has 2 atom stereocenters. The fourth-order valence-electron chi connectivity index (χ4n) is 1.76. The minimum Gasteiger partial charge on any atom is -0.371 e. The molecule has 1 aromatic carbocycles. The van der Waals surface area contributed by atoms with Crippen LogP contribution < -0.4 is 5.73 Å². The molecule has 0 aliphatic carbocycles. The van der Waals surface area contributed by atoms with Gasteiger partial charge in [-0.25, -0.2) is 0 Å². The molecule has 1 saturated heterocycles. The van der Waals surface area contributed by atoms with E-state index in [9.17, 15) is 0 Å². The van der Waals surface area contributed by atoms with Crippen molar-refractivity contribution in [3.05, 3.63) is 48.0 Å². The Hall–Kier alpha value is -1.12. The van der Waals surface area contributed by atoms with Crippen LogP contribution in [0.2, 0.25) is 0 Å². The molecule has 0 bridgehead atoms. The number of rotatable bonds is 5. The molecule has 0 unspecified atom stereocenters. The molecule has 0 saturated carbocycles. The van der Waals surface area contributed by atoms with E-state index < -0.39 is 0 Å². The number of epoxide rings is 1. The Bertz CT molecular complexity index is 344. The summed E-state index contributed by atoms with van der Waals surface area (Å²) in [5.74, 6) is 0. The molecule has 2 heteroatoms. The maximum Gasteiger partial charge on any atom is 0.0963 e. The third-order valence-corrected chi connectivity index (χ3v) is 2.68. The molecular formula is C13H17NO. The fraction of sp³-hybridized carbons (Fsp3) is 0.385. The zero-order chi connectivity index (χ0) is 10.7. The van der Waals surface area contributed by atoms with Crippen LogP contribution in [0.15, 0.2) is 36.9 Å². The predicted molar refractivity (Wildman–Crippen MR) is 61.8 cm³/mol. The summed E-state index contributed by atoms with van der Waals surface area (Å²) in [7, 11) is 0. The molecule has 15 heavy (non-hydrogen) atoms. The third kappa shape index (κ3) is 2.91. The zero-order valence-electron chi connectivity index (χ0n) is 8.86. The van der Waals surface area contributed by atoms with E-state index in [1.54, 1.807) is 0 Å². The fourth-order valence-corrected chi connectivity index (χ4v) is 1.76. The number of ether oxygens (including phenoxy) is 1. The van der Waals surface area contributed by atoms with Crippen molar-refractivity contribution in [3.63, 3.8) is 0 Å². The van der Waals surface area contributed by atoms with Gasteiger partial charge >= 0.3 is 0 Å². The van der Waals surface area contributed by atoms with E-state index in [0.717, 1.165) is 19.4 Å². The average molecular weight is 203 g/mol. The summed E-state index contributed by atoms with van der Waals surface area (Å²) in [4.78, 5) is 0. The number of hydrogen-bond acceptors (Lipinski definition) is 2. The third-order valence-electron chi connectivity index (χ3n) is 2.68. The van der Waals surface area contributed by atoms with E-state index in [1.807, 2.05) is 6.08 Å². The van der Waals surface area contributed by atoms with E-state index in [1.165, 1.54) is 11.1 Å². The van der Waals surface area contributed by atoms with Crippen LogP contribution in [-0.2, 0) is 17.6 Å². The van der Waals surface area contributed by atoms with E-state index in [4.69, 9.17) is 10.5 Å². The highest BCUT2D eigenvalue weighted by Crippen LogP contribution is 2.17. The number of nitrogens with two attached hydrogens (primary N) is 1. The standard InChI is InChI=1S/C13H17NO/c1-2-4-10-5-3-6-11(7-10)8-12(14)13-9-15-13/h2-3,5-7,12-13H,1,4,8-9,14H2/t12-,13+/m0/s1. The Morgan fingerprint density at radius 2 is 2.27 bits per heavy atom. The topological polar surface area (TPSA) is 38.5 Å². The maximum absolute atomic E-state index is 5.99. The lowest BCUT2D eigenvalue weighted by Crippen LogP contribution is -2.29. The average Bonchev–Trinajstić information content (AvgIpc) is 3.01. The smallest absolute Gasteiger partial charge is 0.0963 e. The van der Waals surface area contributed by atoms with Crippen molar-refractivity contribution in [2.45, 2.75) is 25.0 Å². The van der Waals surface area contributed by atoms with Crippen molar-refractivity contribution in [3.8, 4) is 0 Å². The van der Waals surface area contributed by atoms with Gasteiger partial charge in [-0.05, 0) is 24.0 Å². The van der Waals surface area contributed by atoms with Crippen molar-refractivity contribution in [2.75, 3.05) is 6.61 Å². The van der Waals surface area contributed by atoms with Crippen LogP contribution in [0.1, 0.15) is 11.1 Å². The summed E-state index contributed by atoms with van der Waals surface area (Å²) in [6, 6.07) is 8.65. The van der Waals surface area contributed by atoms with Crippen LogP contribution in [0, 0.1) is 0 Å². The van der Waals surface area contributed by atoms with Gasteiger partial charge in [0.15, 0.2) is 0 Å². The first-order valence-electron chi connectivity index (χ1n) is 5.35. The molecule has 0 radical (unpaired) electrons. The van der Waals surface area contributed by atoms with Crippen molar-refractivity contribution in [1.29, 1.82) is 0 Å². The van der Waals surface area contributed by atoms with Crippen LogP contribution in [-0.4, -0.2) is 18.8 Å². The van der Waals surface area contributed by atoms with Gasteiger partial charge in [0, 0.05) is 6.04 Å². The molecule has 0 aromatic heterocycles. The van der Waals surface area contributed by atoms with Crippen molar-refractivity contribution in [1.82, 2.24) is 0 Å². The first-order chi connectivity index (χ1) is 7.29. The van der Waals surface area contributed by atoms with Crippen molar-refractivity contribution >= 4 is 0 Å².